The zero-order valence-corrected chi connectivity index (χ0v) is 21.0. The van der Waals surface area contributed by atoms with Crippen LogP contribution in [-0.2, 0) is 29.0 Å². The Morgan fingerprint density at radius 3 is 2.03 bits per heavy atom. The minimum absolute atomic E-state index is 0.143. The van der Waals surface area contributed by atoms with Crippen molar-refractivity contribution < 1.29 is 9.59 Å². The number of nitrogens with one attached hydrogen (secondary N) is 1. The van der Waals surface area contributed by atoms with E-state index in [4.69, 9.17) is 23.2 Å². The molecular weight excluding hydrogens is 467 g/mol. The molecule has 2 amide bonds. The van der Waals surface area contributed by atoms with E-state index < -0.39 is 6.04 Å². The predicted molar refractivity (Wildman–Crippen MR) is 139 cm³/mol. The number of rotatable bonds is 10. The van der Waals surface area contributed by atoms with Gasteiger partial charge < -0.3 is 10.2 Å². The van der Waals surface area contributed by atoms with Crippen molar-refractivity contribution in [3.05, 3.63) is 106 Å². The molecule has 0 aliphatic carbocycles. The van der Waals surface area contributed by atoms with E-state index in [0.29, 0.717) is 28.9 Å². The largest absolute Gasteiger partial charge is 0.354 e. The average Bonchev–Trinajstić information content (AvgIpc) is 2.80. The molecule has 0 unspecified atom stereocenters. The van der Waals surface area contributed by atoms with Gasteiger partial charge in [0.25, 0.3) is 0 Å². The number of carbonyl (C=O) groups is 2. The third kappa shape index (κ3) is 7.89. The highest BCUT2D eigenvalue weighted by Gasteiger charge is 2.30. The van der Waals surface area contributed by atoms with Crippen molar-refractivity contribution in [1.29, 1.82) is 0 Å². The van der Waals surface area contributed by atoms with Crippen LogP contribution in [0.3, 0.4) is 0 Å². The van der Waals surface area contributed by atoms with Gasteiger partial charge in [0.15, 0.2) is 0 Å². The van der Waals surface area contributed by atoms with Crippen LogP contribution in [0.1, 0.15) is 30.5 Å². The Balaban J connectivity index is 1.96. The molecule has 0 saturated heterocycles. The first-order valence-corrected chi connectivity index (χ1v) is 12.2. The van der Waals surface area contributed by atoms with Gasteiger partial charge in [0.2, 0.25) is 11.8 Å². The second kappa shape index (κ2) is 12.6. The maximum Gasteiger partial charge on any atom is 0.243 e. The van der Waals surface area contributed by atoms with E-state index >= 15 is 0 Å². The van der Waals surface area contributed by atoms with Crippen LogP contribution >= 0.6 is 23.2 Å². The topological polar surface area (TPSA) is 49.4 Å². The second-order valence-corrected chi connectivity index (χ2v) is 9.68. The zero-order chi connectivity index (χ0) is 24.5. The van der Waals surface area contributed by atoms with E-state index in [1.54, 1.807) is 23.1 Å². The molecule has 0 aliphatic rings. The van der Waals surface area contributed by atoms with Crippen molar-refractivity contribution in [3.8, 4) is 0 Å². The lowest BCUT2D eigenvalue weighted by molar-refractivity contribution is -0.140. The Hall–Kier alpha value is -2.82. The highest BCUT2D eigenvalue weighted by Crippen LogP contribution is 2.19. The first kappa shape index (κ1) is 25.8. The Kier molecular flexibility index (Phi) is 9.55. The first-order valence-electron chi connectivity index (χ1n) is 11.4. The van der Waals surface area contributed by atoms with Crippen LogP contribution in [0.15, 0.2) is 78.9 Å². The maximum absolute atomic E-state index is 13.7. The molecule has 178 valence electrons. The summed E-state index contributed by atoms with van der Waals surface area (Å²) in [7, 11) is 0. The van der Waals surface area contributed by atoms with Gasteiger partial charge in [-0.25, -0.2) is 0 Å². The van der Waals surface area contributed by atoms with Crippen LogP contribution in [0.5, 0.6) is 0 Å². The van der Waals surface area contributed by atoms with Gasteiger partial charge >= 0.3 is 0 Å². The summed E-state index contributed by atoms with van der Waals surface area (Å²) in [4.78, 5) is 28.7. The van der Waals surface area contributed by atoms with Crippen LogP contribution in [0.25, 0.3) is 0 Å². The molecule has 0 spiro atoms. The van der Waals surface area contributed by atoms with E-state index in [-0.39, 0.29) is 24.8 Å². The molecule has 0 aliphatic heterocycles. The molecule has 6 heteroatoms. The summed E-state index contributed by atoms with van der Waals surface area (Å²) in [6.45, 7) is 4.89. The van der Waals surface area contributed by atoms with Gasteiger partial charge in [0, 0.05) is 29.6 Å². The van der Waals surface area contributed by atoms with Crippen molar-refractivity contribution in [2.24, 2.45) is 5.92 Å². The summed E-state index contributed by atoms with van der Waals surface area (Å²) in [5.74, 6) is -0.0215. The Morgan fingerprint density at radius 1 is 0.824 bits per heavy atom. The Morgan fingerprint density at radius 2 is 1.41 bits per heavy atom. The number of hydrogen-bond donors (Lipinski definition) is 1. The molecule has 1 N–H and O–H groups in total. The van der Waals surface area contributed by atoms with Crippen LogP contribution < -0.4 is 5.32 Å². The van der Waals surface area contributed by atoms with Gasteiger partial charge in [-0.05, 0) is 46.9 Å². The second-order valence-electron chi connectivity index (χ2n) is 8.80. The molecule has 0 radical (unpaired) electrons. The third-order valence-corrected chi connectivity index (χ3v) is 5.91. The van der Waals surface area contributed by atoms with Crippen molar-refractivity contribution >= 4 is 35.0 Å². The van der Waals surface area contributed by atoms with Crippen LogP contribution in [0.2, 0.25) is 10.0 Å². The standard InChI is InChI=1S/C28H30Cl2N2O2/c1-20(2)18-31-28(34)26(16-21-8-4-3-5-9-21)32(19-23-11-7-13-25(30)15-23)27(33)17-22-10-6-12-24(29)14-22/h3-15,20,26H,16-19H2,1-2H3,(H,31,34)/t26-/m0/s1. The van der Waals surface area contributed by atoms with Gasteiger partial charge in [0.1, 0.15) is 6.04 Å². The van der Waals surface area contributed by atoms with Gasteiger partial charge in [-0.1, -0.05) is 91.6 Å². The molecule has 0 saturated carbocycles. The zero-order valence-electron chi connectivity index (χ0n) is 19.5. The number of hydrogen-bond acceptors (Lipinski definition) is 2. The van der Waals surface area contributed by atoms with Gasteiger partial charge in [-0.3, -0.25) is 9.59 Å². The highest BCUT2D eigenvalue weighted by molar-refractivity contribution is 6.30. The van der Waals surface area contributed by atoms with E-state index in [1.165, 1.54) is 0 Å². The van der Waals surface area contributed by atoms with Crippen molar-refractivity contribution in [2.75, 3.05) is 6.54 Å². The molecule has 1 atom stereocenters. The Labute approximate surface area is 211 Å². The van der Waals surface area contributed by atoms with Crippen LogP contribution in [-0.4, -0.2) is 29.3 Å². The van der Waals surface area contributed by atoms with E-state index in [9.17, 15) is 9.59 Å². The minimum atomic E-state index is -0.674. The van der Waals surface area contributed by atoms with E-state index in [2.05, 4.69) is 5.32 Å². The lowest BCUT2D eigenvalue weighted by Gasteiger charge is -2.32. The lowest BCUT2D eigenvalue weighted by Crippen LogP contribution is -2.51. The molecule has 0 bridgehead atoms. The number of halogens is 2. The van der Waals surface area contributed by atoms with E-state index in [1.807, 2.05) is 74.5 Å². The van der Waals surface area contributed by atoms with Gasteiger partial charge in [0.05, 0.1) is 6.42 Å². The summed E-state index contributed by atoms with van der Waals surface area (Å²) in [5.41, 5.74) is 2.65. The van der Waals surface area contributed by atoms with E-state index in [0.717, 1.165) is 16.7 Å². The molecule has 3 rings (SSSR count). The van der Waals surface area contributed by atoms with Gasteiger partial charge in [-0.15, -0.1) is 0 Å². The third-order valence-electron chi connectivity index (χ3n) is 5.44. The SMILES string of the molecule is CC(C)CNC(=O)[C@H](Cc1ccccc1)N(Cc1cccc(Cl)c1)C(=O)Cc1cccc(Cl)c1. The van der Waals surface area contributed by atoms with Gasteiger partial charge in [-0.2, -0.15) is 0 Å². The summed E-state index contributed by atoms with van der Waals surface area (Å²) < 4.78 is 0. The Bertz CT molecular complexity index is 1100. The van der Waals surface area contributed by atoms with Crippen molar-refractivity contribution in [1.82, 2.24) is 10.2 Å². The molecular formula is C28H30Cl2N2O2. The van der Waals surface area contributed by atoms with Crippen LogP contribution in [0, 0.1) is 5.92 Å². The first-order chi connectivity index (χ1) is 16.3. The average molecular weight is 497 g/mol. The molecule has 3 aromatic carbocycles. The van der Waals surface area contributed by atoms with Crippen LogP contribution in [0.4, 0.5) is 0 Å². The molecule has 0 heterocycles. The fourth-order valence-electron chi connectivity index (χ4n) is 3.73. The smallest absolute Gasteiger partial charge is 0.243 e. The summed E-state index contributed by atoms with van der Waals surface area (Å²) >= 11 is 12.4. The fraction of sp³-hybridized carbons (Fsp3) is 0.286. The highest BCUT2D eigenvalue weighted by atomic mass is 35.5. The quantitative estimate of drug-likeness (QED) is 0.377. The normalized spacial score (nSPS) is 11.8. The molecule has 0 aromatic heterocycles. The summed E-state index contributed by atoms with van der Waals surface area (Å²) in [6.07, 6.45) is 0.552. The number of nitrogens with zero attached hydrogens (tertiary/aromatic N) is 1. The molecule has 4 nitrogen and oxygen atoms in total. The summed E-state index contributed by atoms with van der Waals surface area (Å²) in [5, 5.41) is 4.19. The van der Waals surface area contributed by atoms with Crippen molar-refractivity contribution in [2.45, 2.75) is 39.3 Å². The fourth-order valence-corrected chi connectivity index (χ4v) is 4.16. The molecule has 34 heavy (non-hydrogen) atoms. The monoisotopic (exact) mass is 496 g/mol. The molecule has 3 aromatic rings. The number of carbonyl (C=O) groups excluding carboxylic acids is 2. The molecule has 0 fully saturated rings. The lowest BCUT2D eigenvalue weighted by atomic mass is 10.0. The predicted octanol–water partition coefficient (Wildman–Crippen LogP) is 5.95. The van der Waals surface area contributed by atoms with Crippen molar-refractivity contribution in [3.63, 3.8) is 0 Å². The maximum atomic E-state index is 13.7. The minimum Gasteiger partial charge on any atom is -0.354 e. The summed E-state index contributed by atoms with van der Waals surface area (Å²) in [6, 6.07) is 23.7. The number of amides is 2. The number of benzene rings is 3.